The van der Waals surface area contributed by atoms with E-state index in [4.69, 9.17) is 4.74 Å². The summed E-state index contributed by atoms with van der Waals surface area (Å²) in [5.74, 6) is 0. The lowest BCUT2D eigenvalue weighted by molar-refractivity contribution is 0.0940. The van der Waals surface area contributed by atoms with Gasteiger partial charge in [0.2, 0.25) is 0 Å². The second kappa shape index (κ2) is 5.66. The van der Waals surface area contributed by atoms with Crippen molar-refractivity contribution in [2.75, 3.05) is 11.9 Å². The molecule has 1 aliphatic heterocycles. The minimum Gasteiger partial charge on any atom is -0.378 e. The van der Waals surface area contributed by atoms with Gasteiger partial charge in [-0.05, 0) is 26.7 Å². The minimum atomic E-state index is 0.320. The summed E-state index contributed by atoms with van der Waals surface area (Å²) in [7, 11) is 0. The molecule has 20 heavy (non-hydrogen) atoms. The Morgan fingerprint density at radius 3 is 3.10 bits per heavy atom. The maximum Gasteiger partial charge on any atom is 0.0771 e. The molecule has 3 heterocycles. The fourth-order valence-corrected chi connectivity index (χ4v) is 2.58. The number of rotatable bonds is 5. The number of H-pyrrole nitrogens is 1. The molecule has 2 aromatic heterocycles. The Balaban J connectivity index is 1.57. The molecule has 1 saturated heterocycles. The molecule has 1 fully saturated rings. The topological polar surface area (TPSA) is 67.8 Å². The van der Waals surface area contributed by atoms with Crippen molar-refractivity contribution in [3.8, 4) is 0 Å². The molecule has 6 nitrogen and oxygen atoms in total. The van der Waals surface area contributed by atoms with Gasteiger partial charge in [-0.25, -0.2) is 0 Å². The first-order valence-electron chi connectivity index (χ1n) is 7.11. The van der Waals surface area contributed by atoms with Crippen LogP contribution in [0.1, 0.15) is 29.8 Å². The van der Waals surface area contributed by atoms with E-state index in [1.807, 2.05) is 30.9 Å². The highest BCUT2D eigenvalue weighted by Gasteiger charge is 2.16. The lowest BCUT2D eigenvalue weighted by atomic mass is 10.2. The Morgan fingerprint density at radius 2 is 2.40 bits per heavy atom. The number of ether oxygens (including phenoxy) is 1. The summed E-state index contributed by atoms with van der Waals surface area (Å²) in [6, 6.07) is 0. The largest absolute Gasteiger partial charge is 0.378 e. The van der Waals surface area contributed by atoms with E-state index in [0.29, 0.717) is 6.10 Å². The zero-order chi connectivity index (χ0) is 13.9. The summed E-state index contributed by atoms with van der Waals surface area (Å²) in [6.07, 6.45) is 6.51. The van der Waals surface area contributed by atoms with Gasteiger partial charge in [0.1, 0.15) is 0 Å². The van der Waals surface area contributed by atoms with Crippen LogP contribution in [-0.4, -0.2) is 32.7 Å². The van der Waals surface area contributed by atoms with Crippen LogP contribution < -0.4 is 5.32 Å². The molecule has 0 radical (unpaired) electrons. The summed E-state index contributed by atoms with van der Waals surface area (Å²) in [5, 5.41) is 15.0. The van der Waals surface area contributed by atoms with Gasteiger partial charge in [0.25, 0.3) is 0 Å². The molecular formula is C14H21N5O. The van der Waals surface area contributed by atoms with Gasteiger partial charge in [-0.2, -0.15) is 10.2 Å². The van der Waals surface area contributed by atoms with E-state index in [9.17, 15) is 0 Å². The van der Waals surface area contributed by atoms with Crippen molar-refractivity contribution < 1.29 is 4.74 Å². The highest BCUT2D eigenvalue weighted by Crippen LogP contribution is 2.16. The van der Waals surface area contributed by atoms with Crippen molar-refractivity contribution in [2.45, 2.75) is 45.9 Å². The molecule has 108 valence electrons. The van der Waals surface area contributed by atoms with Gasteiger partial charge in [0.05, 0.1) is 30.2 Å². The van der Waals surface area contributed by atoms with Crippen LogP contribution in [0.5, 0.6) is 0 Å². The number of aromatic amines is 1. The van der Waals surface area contributed by atoms with Crippen molar-refractivity contribution in [1.82, 2.24) is 20.0 Å². The Labute approximate surface area is 118 Å². The third-order valence-corrected chi connectivity index (χ3v) is 3.80. The van der Waals surface area contributed by atoms with Crippen LogP contribution in [0.25, 0.3) is 0 Å². The Hall–Kier alpha value is -1.82. The fraction of sp³-hybridized carbons (Fsp3) is 0.571. The predicted molar refractivity (Wildman–Crippen MR) is 76.6 cm³/mol. The fourth-order valence-electron chi connectivity index (χ4n) is 2.58. The second-order valence-electron chi connectivity index (χ2n) is 5.35. The molecular weight excluding hydrogens is 254 g/mol. The molecule has 6 heteroatoms. The molecule has 0 saturated carbocycles. The summed E-state index contributed by atoms with van der Waals surface area (Å²) < 4.78 is 7.57. The van der Waals surface area contributed by atoms with Gasteiger partial charge in [-0.15, -0.1) is 0 Å². The minimum absolute atomic E-state index is 0.320. The highest BCUT2D eigenvalue weighted by molar-refractivity contribution is 5.40. The van der Waals surface area contributed by atoms with Crippen LogP contribution in [0, 0.1) is 13.8 Å². The molecule has 2 aromatic rings. The maximum atomic E-state index is 5.62. The smallest absolute Gasteiger partial charge is 0.0771 e. The number of nitrogens with zero attached hydrogens (tertiary/aromatic N) is 3. The molecule has 1 atom stereocenters. The predicted octanol–water partition coefficient (Wildman–Crippen LogP) is 2.01. The monoisotopic (exact) mass is 275 g/mol. The first-order valence-corrected chi connectivity index (χ1v) is 7.11. The van der Waals surface area contributed by atoms with Crippen LogP contribution in [0.4, 0.5) is 5.69 Å². The summed E-state index contributed by atoms with van der Waals surface area (Å²) in [5.41, 5.74) is 4.41. The average Bonchev–Trinajstić information content (AvgIpc) is 3.14. The van der Waals surface area contributed by atoms with E-state index >= 15 is 0 Å². The van der Waals surface area contributed by atoms with Gasteiger partial charge in [-0.3, -0.25) is 9.78 Å². The van der Waals surface area contributed by atoms with Gasteiger partial charge >= 0.3 is 0 Å². The van der Waals surface area contributed by atoms with Gasteiger partial charge in [0, 0.05) is 30.6 Å². The molecule has 0 aromatic carbocycles. The van der Waals surface area contributed by atoms with Crippen molar-refractivity contribution in [3.63, 3.8) is 0 Å². The zero-order valence-corrected chi connectivity index (χ0v) is 12.0. The van der Waals surface area contributed by atoms with E-state index in [-0.39, 0.29) is 0 Å². The average molecular weight is 275 g/mol. The Bertz CT molecular complexity index is 548. The van der Waals surface area contributed by atoms with E-state index < -0.39 is 0 Å². The summed E-state index contributed by atoms with van der Waals surface area (Å²) in [4.78, 5) is 0. The molecule has 0 amide bonds. The van der Waals surface area contributed by atoms with Crippen LogP contribution in [0.15, 0.2) is 12.4 Å². The third kappa shape index (κ3) is 2.85. The first-order chi connectivity index (χ1) is 9.72. The van der Waals surface area contributed by atoms with E-state index in [1.54, 1.807) is 0 Å². The molecule has 2 N–H and O–H groups in total. The molecule has 3 rings (SSSR count). The Kier molecular flexibility index (Phi) is 3.73. The van der Waals surface area contributed by atoms with Gasteiger partial charge in [0.15, 0.2) is 0 Å². The van der Waals surface area contributed by atoms with E-state index in [1.165, 1.54) is 5.56 Å². The van der Waals surface area contributed by atoms with Crippen LogP contribution in [0.3, 0.4) is 0 Å². The van der Waals surface area contributed by atoms with Crippen molar-refractivity contribution >= 4 is 5.69 Å². The lowest BCUT2D eigenvalue weighted by Gasteiger charge is -2.08. The normalized spacial score (nSPS) is 18.6. The number of nitrogens with one attached hydrogen (secondary N) is 2. The highest BCUT2D eigenvalue weighted by atomic mass is 16.5. The lowest BCUT2D eigenvalue weighted by Crippen LogP contribution is -2.15. The third-order valence-electron chi connectivity index (χ3n) is 3.80. The maximum absolute atomic E-state index is 5.62. The van der Waals surface area contributed by atoms with Gasteiger partial charge < -0.3 is 10.1 Å². The number of aromatic nitrogens is 4. The van der Waals surface area contributed by atoms with E-state index in [2.05, 4.69) is 20.6 Å². The van der Waals surface area contributed by atoms with Crippen LogP contribution >= 0.6 is 0 Å². The quantitative estimate of drug-likeness (QED) is 0.876. The second-order valence-corrected chi connectivity index (χ2v) is 5.35. The van der Waals surface area contributed by atoms with Crippen LogP contribution in [-0.2, 0) is 17.8 Å². The zero-order valence-electron chi connectivity index (χ0n) is 12.0. The number of aryl methyl sites for hydroxylation is 2. The van der Waals surface area contributed by atoms with E-state index in [0.717, 1.165) is 49.6 Å². The molecule has 1 aliphatic rings. The molecule has 0 bridgehead atoms. The number of anilines is 1. The van der Waals surface area contributed by atoms with Crippen molar-refractivity contribution in [2.24, 2.45) is 0 Å². The summed E-state index contributed by atoms with van der Waals surface area (Å²) in [6.45, 7) is 6.54. The molecule has 0 aliphatic carbocycles. The first kappa shape index (κ1) is 13.2. The van der Waals surface area contributed by atoms with Crippen molar-refractivity contribution in [1.29, 1.82) is 0 Å². The van der Waals surface area contributed by atoms with Crippen molar-refractivity contribution in [3.05, 3.63) is 29.3 Å². The van der Waals surface area contributed by atoms with Crippen LogP contribution in [0.2, 0.25) is 0 Å². The van der Waals surface area contributed by atoms with Gasteiger partial charge in [-0.1, -0.05) is 0 Å². The Morgan fingerprint density at radius 1 is 1.50 bits per heavy atom. The summed E-state index contributed by atoms with van der Waals surface area (Å²) >= 11 is 0. The number of hydrogen-bond acceptors (Lipinski definition) is 4. The molecule has 1 unspecified atom stereocenters. The number of hydrogen-bond donors (Lipinski definition) is 2. The molecule has 0 spiro atoms. The standard InChI is InChI=1S/C14H21N5O/c1-10-14(11(2)18-17-10)7-15-12-6-16-19(8-12)9-13-4-3-5-20-13/h6,8,13,15H,3-5,7,9H2,1-2H3,(H,17,18). The SMILES string of the molecule is Cc1n[nH]c(C)c1CNc1cnn(CC2CCCO2)c1.